The Kier molecular flexibility index (Phi) is 3.67. The molecule has 0 saturated carbocycles. The number of aromatic nitrogens is 2. The molecule has 4 nitrogen and oxygen atoms in total. The first-order valence-electron chi connectivity index (χ1n) is 7.33. The molecule has 0 unspecified atom stereocenters. The molecule has 2 aromatic carbocycles. The Hall–Kier alpha value is -2.62. The van der Waals surface area contributed by atoms with Crippen molar-refractivity contribution >= 4 is 10.9 Å². The van der Waals surface area contributed by atoms with Crippen LogP contribution in [-0.4, -0.2) is 16.6 Å². The van der Waals surface area contributed by atoms with Crippen LogP contribution in [0.3, 0.4) is 0 Å². The number of benzene rings is 2. The van der Waals surface area contributed by atoms with Crippen LogP contribution in [0.5, 0.6) is 5.75 Å². The molecule has 0 aliphatic heterocycles. The Labute approximate surface area is 128 Å². The highest BCUT2D eigenvalue weighted by Gasteiger charge is 2.10. The number of para-hydroxylation sites is 1. The van der Waals surface area contributed by atoms with Gasteiger partial charge in [0.2, 0.25) is 0 Å². The molecule has 1 aromatic heterocycles. The molecule has 1 N–H and O–H groups in total. The maximum Gasteiger partial charge on any atom is 0.259 e. The van der Waals surface area contributed by atoms with Crippen LogP contribution in [0.1, 0.15) is 18.1 Å². The molecule has 0 amide bonds. The molecule has 0 radical (unpaired) electrons. The number of nitrogens with zero attached hydrogens (tertiary/aromatic N) is 1. The van der Waals surface area contributed by atoms with Crippen molar-refractivity contribution in [1.82, 2.24) is 9.97 Å². The molecular formula is C18H18N2O2. The van der Waals surface area contributed by atoms with E-state index in [9.17, 15) is 4.79 Å². The third kappa shape index (κ3) is 2.48. The van der Waals surface area contributed by atoms with Gasteiger partial charge in [-0.2, -0.15) is 0 Å². The zero-order chi connectivity index (χ0) is 15.7. The van der Waals surface area contributed by atoms with E-state index >= 15 is 0 Å². The predicted molar refractivity (Wildman–Crippen MR) is 88.4 cm³/mol. The van der Waals surface area contributed by atoms with Crippen molar-refractivity contribution in [2.75, 3.05) is 6.61 Å². The number of aryl methyl sites for hydroxylation is 2. The maximum absolute atomic E-state index is 12.2. The van der Waals surface area contributed by atoms with E-state index in [0.29, 0.717) is 23.3 Å². The lowest BCUT2D eigenvalue weighted by molar-refractivity contribution is 0.335. The van der Waals surface area contributed by atoms with Crippen LogP contribution >= 0.6 is 0 Å². The highest BCUT2D eigenvalue weighted by molar-refractivity contribution is 5.79. The quantitative estimate of drug-likeness (QED) is 0.803. The average Bonchev–Trinajstić information content (AvgIpc) is 2.50. The molecule has 0 atom stereocenters. The van der Waals surface area contributed by atoms with E-state index in [1.54, 1.807) is 6.07 Å². The third-order valence-corrected chi connectivity index (χ3v) is 3.64. The number of hydrogen-bond acceptors (Lipinski definition) is 3. The van der Waals surface area contributed by atoms with Gasteiger partial charge in [0, 0.05) is 5.56 Å². The largest absolute Gasteiger partial charge is 0.493 e. The number of hydrogen-bond donors (Lipinski definition) is 1. The molecule has 1 heterocycles. The second-order valence-electron chi connectivity index (χ2n) is 5.30. The van der Waals surface area contributed by atoms with Gasteiger partial charge < -0.3 is 9.72 Å². The standard InChI is InChI=1S/C18H18N2O2/c1-4-22-16-11(2)9-13(10-12(16)3)17-19-15-8-6-5-7-14(15)18(21)20-17/h5-10H,4H2,1-3H3,(H,19,20,21). The monoisotopic (exact) mass is 294 g/mol. The molecule has 0 aliphatic carbocycles. The van der Waals surface area contributed by atoms with Gasteiger partial charge >= 0.3 is 0 Å². The van der Waals surface area contributed by atoms with Crippen LogP contribution < -0.4 is 10.3 Å². The van der Waals surface area contributed by atoms with Crippen LogP contribution in [0.2, 0.25) is 0 Å². The predicted octanol–water partition coefficient (Wildman–Crippen LogP) is 3.61. The van der Waals surface area contributed by atoms with E-state index in [1.165, 1.54) is 0 Å². The topological polar surface area (TPSA) is 55.0 Å². The van der Waals surface area contributed by atoms with Gasteiger partial charge in [0.25, 0.3) is 5.56 Å². The summed E-state index contributed by atoms with van der Waals surface area (Å²) in [6, 6.07) is 11.3. The molecular weight excluding hydrogens is 276 g/mol. The summed E-state index contributed by atoms with van der Waals surface area (Å²) < 4.78 is 5.66. The summed E-state index contributed by atoms with van der Waals surface area (Å²) in [5, 5.41) is 0.602. The summed E-state index contributed by atoms with van der Waals surface area (Å²) >= 11 is 0. The van der Waals surface area contributed by atoms with Crippen molar-refractivity contribution in [2.24, 2.45) is 0 Å². The molecule has 3 aromatic rings. The Morgan fingerprint density at radius 2 is 1.82 bits per heavy atom. The summed E-state index contributed by atoms with van der Waals surface area (Å²) in [6.07, 6.45) is 0. The van der Waals surface area contributed by atoms with Crippen LogP contribution in [0.4, 0.5) is 0 Å². The van der Waals surface area contributed by atoms with Crippen LogP contribution in [0.15, 0.2) is 41.2 Å². The minimum Gasteiger partial charge on any atom is -0.493 e. The van der Waals surface area contributed by atoms with Gasteiger partial charge in [-0.1, -0.05) is 12.1 Å². The SMILES string of the molecule is CCOc1c(C)cc(-c2nc3ccccc3c(=O)[nH]2)cc1C. The minimum absolute atomic E-state index is 0.121. The van der Waals surface area contributed by atoms with Crippen molar-refractivity contribution < 1.29 is 4.74 Å². The lowest BCUT2D eigenvalue weighted by Crippen LogP contribution is -2.09. The number of H-pyrrole nitrogens is 1. The van der Waals surface area contributed by atoms with Gasteiger partial charge in [0.15, 0.2) is 0 Å². The van der Waals surface area contributed by atoms with Gasteiger partial charge in [-0.15, -0.1) is 0 Å². The minimum atomic E-state index is -0.121. The summed E-state index contributed by atoms with van der Waals surface area (Å²) in [5.74, 6) is 1.48. The Morgan fingerprint density at radius 1 is 1.14 bits per heavy atom. The van der Waals surface area contributed by atoms with Crippen LogP contribution in [0, 0.1) is 13.8 Å². The molecule has 112 valence electrons. The molecule has 0 saturated heterocycles. The summed E-state index contributed by atoms with van der Waals surface area (Å²) in [6.45, 7) is 6.60. The second-order valence-corrected chi connectivity index (χ2v) is 5.30. The fourth-order valence-electron chi connectivity index (χ4n) is 2.68. The number of ether oxygens (including phenoxy) is 1. The second kappa shape index (κ2) is 5.64. The number of rotatable bonds is 3. The molecule has 4 heteroatoms. The molecule has 0 bridgehead atoms. The van der Waals surface area contributed by atoms with E-state index < -0.39 is 0 Å². The first-order chi connectivity index (χ1) is 10.6. The van der Waals surface area contributed by atoms with E-state index in [-0.39, 0.29) is 5.56 Å². The number of nitrogens with one attached hydrogen (secondary N) is 1. The normalized spacial score (nSPS) is 10.9. The first-order valence-corrected chi connectivity index (χ1v) is 7.33. The Morgan fingerprint density at radius 3 is 2.50 bits per heavy atom. The van der Waals surface area contributed by atoms with Crippen molar-refractivity contribution in [3.63, 3.8) is 0 Å². The Balaban J connectivity index is 2.17. The number of fused-ring (bicyclic) bond motifs is 1. The van der Waals surface area contributed by atoms with Crippen molar-refractivity contribution in [3.8, 4) is 17.1 Å². The molecule has 0 spiro atoms. The van der Waals surface area contributed by atoms with E-state index in [0.717, 1.165) is 22.4 Å². The molecule has 22 heavy (non-hydrogen) atoms. The summed E-state index contributed by atoms with van der Waals surface area (Å²) in [7, 11) is 0. The third-order valence-electron chi connectivity index (χ3n) is 3.64. The highest BCUT2D eigenvalue weighted by Crippen LogP contribution is 2.28. The van der Waals surface area contributed by atoms with E-state index in [1.807, 2.05) is 51.1 Å². The average molecular weight is 294 g/mol. The lowest BCUT2D eigenvalue weighted by atomic mass is 10.0. The maximum atomic E-state index is 12.2. The Bertz CT molecular complexity index is 874. The van der Waals surface area contributed by atoms with Crippen molar-refractivity contribution in [3.05, 3.63) is 57.9 Å². The van der Waals surface area contributed by atoms with Gasteiger partial charge in [-0.05, 0) is 56.2 Å². The smallest absolute Gasteiger partial charge is 0.259 e. The van der Waals surface area contributed by atoms with Crippen LogP contribution in [-0.2, 0) is 0 Å². The van der Waals surface area contributed by atoms with Gasteiger partial charge in [0.1, 0.15) is 11.6 Å². The van der Waals surface area contributed by atoms with Crippen molar-refractivity contribution in [1.29, 1.82) is 0 Å². The first kappa shape index (κ1) is 14.3. The molecule has 0 aliphatic rings. The van der Waals surface area contributed by atoms with Crippen molar-refractivity contribution in [2.45, 2.75) is 20.8 Å². The zero-order valence-electron chi connectivity index (χ0n) is 12.9. The highest BCUT2D eigenvalue weighted by atomic mass is 16.5. The van der Waals surface area contributed by atoms with Gasteiger partial charge in [-0.25, -0.2) is 4.98 Å². The molecule has 3 rings (SSSR count). The summed E-state index contributed by atoms with van der Waals surface area (Å²) in [4.78, 5) is 19.6. The van der Waals surface area contributed by atoms with E-state index in [4.69, 9.17) is 4.74 Å². The summed E-state index contributed by atoms with van der Waals surface area (Å²) in [5.41, 5.74) is 3.54. The van der Waals surface area contributed by atoms with Crippen LogP contribution in [0.25, 0.3) is 22.3 Å². The van der Waals surface area contributed by atoms with Gasteiger partial charge in [-0.3, -0.25) is 4.79 Å². The lowest BCUT2D eigenvalue weighted by Gasteiger charge is -2.12. The zero-order valence-corrected chi connectivity index (χ0v) is 12.9. The number of aromatic amines is 1. The fraction of sp³-hybridized carbons (Fsp3) is 0.222. The van der Waals surface area contributed by atoms with E-state index in [2.05, 4.69) is 9.97 Å². The van der Waals surface area contributed by atoms with Gasteiger partial charge in [0.05, 0.1) is 17.5 Å². The fourth-order valence-corrected chi connectivity index (χ4v) is 2.68. The molecule has 0 fully saturated rings.